The topological polar surface area (TPSA) is 94.1 Å². The highest BCUT2D eigenvalue weighted by molar-refractivity contribution is 6.75. The maximum Gasteiger partial charge on any atom is 0.267 e. The minimum atomic E-state index is -1.22. The van der Waals surface area contributed by atoms with Crippen molar-refractivity contribution >= 4 is 20.1 Å². The summed E-state index contributed by atoms with van der Waals surface area (Å²) in [6.07, 6.45) is 6.27. The number of hydrogen-bond donors (Lipinski definition) is 3. The van der Waals surface area contributed by atoms with E-state index in [2.05, 4.69) is 52.1 Å². The van der Waals surface area contributed by atoms with Crippen molar-refractivity contribution in [2.45, 2.75) is 51.0 Å². The molecule has 1 amide bonds. The number of H-pyrrole nitrogens is 1. The molecule has 3 N–H and O–H groups in total. The van der Waals surface area contributed by atoms with Crippen LogP contribution in [0.5, 0.6) is 0 Å². The minimum Gasteiger partial charge on any atom is -0.296 e. The molecule has 8 heteroatoms. The van der Waals surface area contributed by atoms with E-state index in [1.807, 2.05) is 12.1 Å². The van der Waals surface area contributed by atoms with Crippen LogP contribution in [0.3, 0.4) is 0 Å². The van der Waals surface area contributed by atoms with E-state index in [0.29, 0.717) is 6.04 Å². The molecule has 1 aromatic carbocycles. The van der Waals surface area contributed by atoms with Gasteiger partial charge in [-0.1, -0.05) is 43.9 Å². The second-order valence-electron chi connectivity index (χ2n) is 8.87. The Labute approximate surface area is 173 Å². The van der Waals surface area contributed by atoms with Crippen molar-refractivity contribution in [1.29, 1.82) is 0 Å². The van der Waals surface area contributed by atoms with Crippen molar-refractivity contribution in [2.24, 2.45) is 0 Å². The molecule has 1 aromatic heterocycles. The maximum absolute atomic E-state index is 11.1. The summed E-state index contributed by atoms with van der Waals surface area (Å²) in [5, 5.41) is 20.2. The molecule has 0 bridgehead atoms. The van der Waals surface area contributed by atoms with Gasteiger partial charge >= 0.3 is 0 Å². The first-order valence-corrected chi connectivity index (χ1v) is 13.9. The van der Waals surface area contributed by atoms with E-state index < -0.39 is 14.0 Å². The van der Waals surface area contributed by atoms with Crippen molar-refractivity contribution in [3.05, 3.63) is 52.9 Å². The third-order valence-corrected chi connectivity index (χ3v) is 6.65. The van der Waals surface area contributed by atoms with Gasteiger partial charge in [-0.2, -0.15) is 15.4 Å². The Morgan fingerprint density at radius 1 is 1.28 bits per heavy atom. The van der Waals surface area contributed by atoms with Crippen LogP contribution < -0.4 is 5.48 Å². The normalized spacial score (nSPS) is 17.9. The van der Waals surface area contributed by atoms with Gasteiger partial charge in [0.2, 0.25) is 0 Å². The van der Waals surface area contributed by atoms with E-state index in [-0.39, 0.29) is 0 Å². The number of likely N-dealkylation sites (tertiary alicyclic amines) is 1. The average Bonchev–Trinajstić information content (AvgIpc) is 3.32. The summed E-state index contributed by atoms with van der Waals surface area (Å²) in [7, 11) is -1.22. The van der Waals surface area contributed by atoms with Crippen LogP contribution in [0, 0.1) is 0 Å². The molecule has 2 heterocycles. The number of benzene rings is 1. The number of nitrogens with zero attached hydrogens (tertiary/aromatic N) is 3. The molecule has 0 unspecified atom stereocenters. The Bertz CT molecular complexity index is 842. The highest BCUT2D eigenvalue weighted by atomic mass is 28.3. The molecule has 1 aliphatic rings. The number of hydrogen-bond acceptors (Lipinski definition) is 5. The van der Waals surface area contributed by atoms with Crippen molar-refractivity contribution in [1.82, 2.24) is 25.8 Å². The highest BCUT2D eigenvalue weighted by Crippen LogP contribution is 2.32. The molecule has 0 spiro atoms. The first-order chi connectivity index (χ1) is 13.9. The van der Waals surface area contributed by atoms with Gasteiger partial charge in [0.05, 0.1) is 19.5 Å². The Morgan fingerprint density at radius 2 is 2.00 bits per heavy atom. The zero-order chi connectivity index (χ0) is 20.9. The number of rotatable bonds is 8. The Balaban J connectivity index is 1.61. The lowest BCUT2D eigenvalue weighted by Gasteiger charge is -2.25. The molecular weight excluding hydrogens is 382 g/mol. The van der Waals surface area contributed by atoms with E-state index in [0.717, 1.165) is 48.9 Å². The summed E-state index contributed by atoms with van der Waals surface area (Å²) >= 11 is 0. The third-order valence-electron chi connectivity index (χ3n) is 5.26. The number of hydroxylamine groups is 1. The summed E-state index contributed by atoms with van der Waals surface area (Å²) in [6, 6.07) is 9.76. The van der Waals surface area contributed by atoms with Gasteiger partial charge in [-0.15, -0.1) is 0 Å². The largest absolute Gasteiger partial charge is 0.296 e. The summed E-state index contributed by atoms with van der Waals surface area (Å²) in [4.78, 5) is 13.6. The number of aromatic amines is 1. The van der Waals surface area contributed by atoms with Gasteiger partial charge in [0.15, 0.2) is 0 Å². The predicted molar refractivity (Wildman–Crippen MR) is 116 cm³/mol. The molecule has 0 saturated carbocycles. The van der Waals surface area contributed by atoms with Crippen LogP contribution in [0.4, 0.5) is 0 Å². The predicted octanol–water partition coefficient (Wildman–Crippen LogP) is 3.12. The van der Waals surface area contributed by atoms with Gasteiger partial charge in [0, 0.05) is 25.1 Å². The number of nitrogens with one attached hydrogen (secondary N) is 2. The van der Waals surface area contributed by atoms with Gasteiger partial charge < -0.3 is 0 Å². The fraction of sp³-hybridized carbons (Fsp3) is 0.476. The molecule has 2 aromatic rings. The summed E-state index contributed by atoms with van der Waals surface area (Å²) in [5.74, 6) is -0.530. The van der Waals surface area contributed by atoms with Crippen LogP contribution in [0.2, 0.25) is 19.6 Å². The lowest BCUT2D eigenvalue weighted by Crippen LogP contribution is -2.27. The summed E-state index contributed by atoms with van der Waals surface area (Å²) in [6.45, 7) is 9.16. The second-order valence-corrected chi connectivity index (χ2v) is 14.3. The molecule has 1 aliphatic heterocycles. The fourth-order valence-corrected chi connectivity index (χ4v) is 5.17. The summed E-state index contributed by atoms with van der Waals surface area (Å²) in [5.41, 5.74) is 6.08. The molecule has 7 nitrogen and oxygen atoms in total. The lowest BCUT2D eigenvalue weighted by molar-refractivity contribution is -0.124. The van der Waals surface area contributed by atoms with Crippen molar-refractivity contribution in [3.63, 3.8) is 0 Å². The van der Waals surface area contributed by atoms with Crippen LogP contribution >= 0.6 is 0 Å². The molecular formula is C21H31N5O2Si. The molecule has 1 fully saturated rings. The van der Waals surface area contributed by atoms with Crippen molar-refractivity contribution in [2.75, 3.05) is 13.1 Å². The second kappa shape index (κ2) is 9.47. The first-order valence-electron chi connectivity index (χ1n) is 10.2. The number of aromatic nitrogens is 3. The van der Waals surface area contributed by atoms with E-state index in [4.69, 9.17) is 5.21 Å². The Hall–Kier alpha value is -2.29. The van der Waals surface area contributed by atoms with Crippen LogP contribution in [-0.4, -0.2) is 52.6 Å². The van der Waals surface area contributed by atoms with Crippen LogP contribution in [0.15, 0.2) is 30.3 Å². The van der Waals surface area contributed by atoms with Gasteiger partial charge in [0.1, 0.15) is 0 Å². The number of amides is 1. The third kappa shape index (κ3) is 6.09. The fourth-order valence-electron chi connectivity index (χ4n) is 3.88. The van der Waals surface area contributed by atoms with Gasteiger partial charge in [-0.3, -0.25) is 14.9 Å². The Morgan fingerprint density at radius 3 is 2.69 bits per heavy atom. The smallest absolute Gasteiger partial charge is 0.267 e. The van der Waals surface area contributed by atoms with E-state index in [9.17, 15) is 4.79 Å². The lowest BCUT2D eigenvalue weighted by atomic mass is 10.0. The van der Waals surface area contributed by atoms with E-state index in [1.54, 1.807) is 11.6 Å². The quantitative estimate of drug-likeness (QED) is 0.268. The molecule has 156 valence electrons. The minimum absolute atomic E-state index is 0.418. The van der Waals surface area contributed by atoms with Crippen LogP contribution in [-0.2, 0) is 17.3 Å². The SMILES string of the molecule is C[Si](C)(C)Cc1n[nH]nc1CCN1CCC[C@H]1c1ccc(C=CC(=O)NO)cc1. The molecule has 1 atom stereocenters. The van der Waals surface area contributed by atoms with Gasteiger partial charge in [-0.05, 0) is 42.6 Å². The standard InChI is InChI=1S/C21H31N5O2Si/c1-29(2,3)15-19-18(22-25-23-19)12-14-26-13-4-5-20(26)17-9-6-16(7-10-17)8-11-21(27)24-28/h6-11,20,28H,4-5,12-15H2,1-3H3,(H,24,27)(H,22,23,25)/t20-/m0/s1. The Kier molecular flexibility index (Phi) is 6.99. The van der Waals surface area contributed by atoms with E-state index in [1.165, 1.54) is 18.1 Å². The molecule has 3 rings (SSSR count). The van der Waals surface area contributed by atoms with Crippen molar-refractivity contribution in [3.8, 4) is 0 Å². The molecule has 0 aliphatic carbocycles. The zero-order valence-electron chi connectivity index (χ0n) is 17.5. The van der Waals surface area contributed by atoms with Gasteiger partial charge in [0.25, 0.3) is 5.91 Å². The maximum atomic E-state index is 11.1. The van der Waals surface area contributed by atoms with E-state index >= 15 is 0 Å². The summed E-state index contributed by atoms with van der Waals surface area (Å²) < 4.78 is 0. The molecule has 0 radical (unpaired) electrons. The molecule has 29 heavy (non-hydrogen) atoms. The average molecular weight is 414 g/mol. The molecule has 1 saturated heterocycles. The van der Waals surface area contributed by atoms with Crippen LogP contribution in [0.25, 0.3) is 6.08 Å². The first kappa shape index (κ1) is 21.4. The number of carbonyl (C=O) groups is 1. The van der Waals surface area contributed by atoms with Crippen LogP contribution in [0.1, 0.15) is 41.4 Å². The number of carbonyl (C=O) groups excluding carboxylic acids is 1. The zero-order valence-corrected chi connectivity index (χ0v) is 18.5. The highest BCUT2D eigenvalue weighted by Gasteiger charge is 2.26. The van der Waals surface area contributed by atoms with Crippen molar-refractivity contribution < 1.29 is 10.0 Å². The van der Waals surface area contributed by atoms with Gasteiger partial charge in [-0.25, -0.2) is 5.48 Å². The monoisotopic (exact) mass is 413 g/mol.